The standard InChI is InChI=1S/C29H28N8O3/c1-18(2)28(38)31-14-15-40-29(39)32-16-19-9-11-20(12-10-19)17-37-25-21-6-3-4-7-22(21)34-26(30)24(25)35-27(37)23-8-5-13-33-36-23/h3-13H,1,14-17H2,2H3,(H2,30,34)(H,31,38)(H,32,39). The molecule has 0 aliphatic heterocycles. The first-order valence-corrected chi connectivity index (χ1v) is 12.7. The van der Waals surface area contributed by atoms with Crippen LogP contribution in [0.1, 0.15) is 18.1 Å². The smallest absolute Gasteiger partial charge is 0.407 e. The molecule has 0 saturated heterocycles. The molecule has 5 rings (SSSR count). The topological polar surface area (TPSA) is 150 Å². The van der Waals surface area contributed by atoms with Crippen LogP contribution in [-0.2, 0) is 22.6 Å². The third-order valence-electron chi connectivity index (χ3n) is 6.22. The Bertz CT molecular complexity index is 1700. The molecule has 3 aromatic heterocycles. The molecule has 0 bridgehead atoms. The summed E-state index contributed by atoms with van der Waals surface area (Å²) in [4.78, 5) is 32.8. The highest BCUT2D eigenvalue weighted by Gasteiger charge is 2.19. The van der Waals surface area contributed by atoms with Crippen molar-refractivity contribution in [2.24, 2.45) is 0 Å². The van der Waals surface area contributed by atoms with Crippen LogP contribution in [0.5, 0.6) is 0 Å². The third kappa shape index (κ3) is 5.73. The maximum absolute atomic E-state index is 12.0. The molecule has 5 aromatic rings. The number of benzene rings is 2. The zero-order valence-electron chi connectivity index (χ0n) is 21.9. The zero-order chi connectivity index (χ0) is 28.1. The van der Waals surface area contributed by atoms with Crippen LogP contribution in [0, 0.1) is 0 Å². The largest absolute Gasteiger partial charge is 0.448 e. The van der Waals surface area contributed by atoms with Crippen LogP contribution in [-0.4, -0.2) is 49.9 Å². The van der Waals surface area contributed by atoms with Gasteiger partial charge in [0.1, 0.15) is 17.8 Å². The van der Waals surface area contributed by atoms with Crippen molar-refractivity contribution in [3.63, 3.8) is 0 Å². The van der Waals surface area contributed by atoms with Crippen molar-refractivity contribution >= 4 is 39.8 Å². The SMILES string of the molecule is C=C(C)C(=O)NCCOC(=O)NCc1ccc(Cn2c(-c3cccnn3)nc3c(N)nc4ccccc4c32)cc1. The molecule has 3 heterocycles. The van der Waals surface area contributed by atoms with Crippen LogP contribution in [0.4, 0.5) is 10.6 Å². The molecule has 0 atom stereocenters. The minimum absolute atomic E-state index is 0.0610. The van der Waals surface area contributed by atoms with Crippen LogP contribution in [0.3, 0.4) is 0 Å². The summed E-state index contributed by atoms with van der Waals surface area (Å²) in [5.74, 6) is 0.718. The minimum Gasteiger partial charge on any atom is -0.448 e. The monoisotopic (exact) mass is 536 g/mol. The van der Waals surface area contributed by atoms with E-state index >= 15 is 0 Å². The highest BCUT2D eigenvalue weighted by atomic mass is 16.5. The lowest BCUT2D eigenvalue weighted by molar-refractivity contribution is -0.117. The van der Waals surface area contributed by atoms with E-state index in [0.717, 1.165) is 27.5 Å². The zero-order valence-corrected chi connectivity index (χ0v) is 21.9. The molecule has 2 amide bonds. The number of fused-ring (bicyclic) bond motifs is 3. The Balaban J connectivity index is 1.33. The van der Waals surface area contributed by atoms with Gasteiger partial charge in [-0.15, -0.1) is 5.10 Å². The maximum Gasteiger partial charge on any atom is 0.407 e. The van der Waals surface area contributed by atoms with E-state index in [4.69, 9.17) is 15.5 Å². The van der Waals surface area contributed by atoms with E-state index in [9.17, 15) is 9.59 Å². The molecule has 11 heteroatoms. The fourth-order valence-electron chi connectivity index (χ4n) is 4.26. The number of nitrogen functional groups attached to an aromatic ring is 1. The van der Waals surface area contributed by atoms with Crippen LogP contribution in [0.15, 0.2) is 79.0 Å². The summed E-state index contributed by atoms with van der Waals surface area (Å²) in [5, 5.41) is 14.6. The molecule has 11 nitrogen and oxygen atoms in total. The van der Waals surface area contributed by atoms with E-state index in [0.29, 0.717) is 41.5 Å². The molecule has 0 spiro atoms. The van der Waals surface area contributed by atoms with Crippen molar-refractivity contribution in [2.45, 2.75) is 20.0 Å². The number of anilines is 1. The van der Waals surface area contributed by atoms with E-state index in [2.05, 4.69) is 37.0 Å². The third-order valence-corrected chi connectivity index (χ3v) is 6.22. The summed E-state index contributed by atoms with van der Waals surface area (Å²) in [6.07, 6.45) is 1.05. The Labute approximate surface area is 230 Å². The number of amides is 2. The van der Waals surface area contributed by atoms with Gasteiger partial charge in [-0.2, -0.15) is 5.10 Å². The van der Waals surface area contributed by atoms with Gasteiger partial charge in [0, 0.05) is 30.2 Å². The van der Waals surface area contributed by atoms with Gasteiger partial charge in [-0.25, -0.2) is 14.8 Å². The van der Waals surface area contributed by atoms with Gasteiger partial charge in [0.25, 0.3) is 0 Å². The van der Waals surface area contributed by atoms with Crippen molar-refractivity contribution < 1.29 is 14.3 Å². The molecule has 4 N–H and O–H groups in total. The number of imidazole rings is 1. The van der Waals surface area contributed by atoms with E-state index in [-0.39, 0.29) is 19.1 Å². The average molecular weight is 537 g/mol. The fourth-order valence-corrected chi connectivity index (χ4v) is 4.26. The molecular weight excluding hydrogens is 508 g/mol. The lowest BCUT2D eigenvalue weighted by Crippen LogP contribution is -2.31. The Hall–Kier alpha value is -5.32. The second-order valence-electron chi connectivity index (χ2n) is 9.18. The van der Waals surface area contributed by atoms with Gasteiger partial charge in [-0.1, -0.05) is 49.0 Å². The molecule has 0 unspecified atom stereocenters. The van der Waals surface area contributed by atoms with Crippen LogP contribution >= 0.6 is 0 Å². The lowest BCUT2D eigenvalue weighted by atomic mass is 10.1. The fraction of sp³-hybridized carbons (Fsp3) is 0.172. The second-order valence-corrected chi connectivity index (χ2v) is 9.18. The Morgan fingerprint density at radius 2 is 1.77 bits per heavy atom. The van der Waals surface area contributed by atoms with Crippen LogP contribution < -0.4 is 16.4 Å². The first kappa shape index (κ1) is 26.3. The molecular formula is C29H28N8O3. The molecule has 202 valence electrons. The number of nitrogens with two attached hydrogens (primary N) is 1. The number of hydrogen-bond acceptors (Lipinski definition) is 8. The maximum atomic E-state index is 12.0. The highest BCUT2D eigenvalue weighted by molar-refractivity contribution is 6.07. The average Bonchev–Trinajstić information content (AvgIpc) is 3.35. The predicted octanol–water partition coefficient (Wildman–Crippen LogP) is 3.59. The van der Waals surface area contributed by atoms with Crippen LogP contribution in [0.25, 0.3) is 33.5 Å². The van der Waals surface area contributed by atoms with Crippen molar-refractivity contribution in [1.29, 1.82) is 0 Å². The minimum atomic E-state index is -0.565. The predicted molar refractivity (Wildman–Crippen MR) is 152 cm³/mol. The molecule has 0 saturated carbocycles. The summed E-state index contributed by atoms with van der Waals surface area (Å²) < 4.78 is 7.18. The Morgan fingerprint density at radius 1 is 1.00 bits per heavy atom. The van der Waals surface area contributed by atoms with E-state index < -0.39 is 6.09 Å². The number of rotatable bonds is 9. The van der Waals surface area contributed by atoms with Gasteiger partial charge in [0.15, 0.2) is 11.6 Å². The number of para-hydroxylation sites is 1. The quantitative estimate of drug-likeness (QED) is 0.191. The number of carbonyl (C=O) groups excluding carboxylic acids is 2. The van der Waals surface area contributed by atoms with Gasteiger partial charge >= 0.3 is 6.09 Å². The van der Waals surface area contributed by atoms with E-state index in [1.165, 1.54) is 0 Å². The molecule has 40 heavy (non-hydrogen) atoms. The van der Waals surface area contributed by atoms with Crippen LogP contribution in [0.2, 0.25) is 0 Å². The molecule has 0 radical (unpaired) electrons. The number of nitrogens with zero attached hydrogens (tertiary/aromatic N) is 5. The van der Waals surface area contributed by atoms with Gasteiger partial charge < -0.3 is 25.7 Å². The van der Waals surface area contributed by atoms with Gasteiger partial charge in [-0.3, -0.25) is 4.79 Å². The van der Waals surface area contributed by atoms with Gasteiger partial charge in [0.05, 0.1) is 17.6 Å². The highest BCUT2D eigenvalue weighted by Crippen LogP contribution is 2.32. The number of aromatic nitrogens is 5. The lowest BCUT2D eigenvalue weighted by Gasteiger charge is -2.12. The second kappa shape index (κ2) is 11.6. The number of carbonyl (C=O) groups is 2. The first-order chi connectivity index (χ1) is 19.4. The molecule has 0 aliphatic rings. The Kier molecular flexibility index (Phi) is 7.63. The summed E-state index contributed by atoms with van der Waals surface area (Å²) >= 11 is 0. The Morgan fingerprint density at radius 3 is 2.52 bits per heavy atom. The van der Waals surface area contributed by atoms with Gasteiger partial charge in [0.2, 0.25) is 5.91 Å². The number of ether oxygens (including phenoxy) is 1. The number of nitrogens with one attached hydrogen (secondary N) is 2. The number of alkyl carbamates (subject to hydrolysis) is 1. The molecule has 0 fully saturated rings. The van der Waals surface area contributed by atoms with Gasteiger partial charge in [-0.05, 0) is 36.2 Å². The normalized spacial score (nSPS) is 10.9. The summed E-state index contributed by atoms with van der Waals surface area (Å²) in [7, 11) is 0. The summed E-state index contributed by atoms with van der Waals surface area (Å²) in [6.45, 7) is 6.23. The first-order valence-electron chi connectivity index (χ1n) is 12.7. The summed E-state index contributed by atoms with van der Waals surface area (Å²) in [6, 6.07) is 19.4. The van der Waals surface area contributed by atoms with Crippen molar-refractivity contribution in [3.05, 3.63) is 90.1 Å². The van der Waals surface area contributed by atoms with E-state index in [1.54, 1.807) is 13.1 Å². The molecule has 2 aromatic carbocycles. The van der Waals surface area contributed by atoms with E-state index in [1.807, 2.05) is 60.7 Å². The van der Waals surface area contributed by atoms with Crippen molar-refractivity contribution in [2.75, 3.05) is 18.9 Å². The number of pyridine rings is 1. The molecule has 0 aliphatic carbocycles. The van der Waals surface area contributed by atoms with Crippen molar-refractivity contribution in [1.82, 2.24) is 35.4 Å². The summed E-state index contributed by atoms with van der Waals surface area (Å²) in [5.41, 5.74) is 11.5. The number of hydrogen-bond donors (Lipinski definition) is 3. The van der Waals surface area contributed by atoms with Crippen molar-refractivity contribution in [3.8, 4) is 11.5 Å².